The van der Waals surface area contributed by atoms with Crippen LogP contribution in [0.5, 0.6) is 0 Å². The third-order valence-corrected chi connectivity index (χ3v) is 4.81. The molecule has 1 aromatic heterocycles. The zero-order valence-corrected chi connectivity index (χ0v) is 13.3. The van der Waals surface area contributed by atoms with E-state index in [2.05, 4.69) is 0 Å². The molecular weight excluding hydrogens is 316 g/mol. The van der Waals surface area contributed by atoms with Crippen LogP contribution >= 0.6 is 11.3 Å². The summed E-state index contributed by atoms with van der Waals surface area (Å²) in [6.07, 6.45) is 1.03. The number of fused-ring (bicyclic) bond motifs is 1. The van der Waals surface area contributed by atoms with Crippen molar-refractivity contribution < 1.29 is 14.5 Å². The van der Waals surface area contributed by atoms with Crippen molar-refractivity contribution >= 4 is 33.7 Å². The lowest BCUT2D eigenvalue weighted by Gasteiger charge is -2.20. The van der Waals surface area contributed by atoms with Crippen LogP contribution in [0.25, 0.3) is 0 Å². The van der Waals surface area contributed by atoms with Crippen LogP contribution in [0, 0.1) is 17.0 Å². The molecule has 118 valence electrons. The van der Waals surface area contributed by atoms with Gasteiger partial charge in [-0.3, -0.25) is 24.6 Å². The number of carbonyl (C=O) groups excluding carboxylic acids is 2. The highest BCUT2D eigenvalue weighted by Crippen LogP contribution is 2.35. The summed E-state index contributed by atoms with van der Waals surface area (Å²) in [6.45, 7) is 2.37. The minimum absolute atomic E-state index is 0.0553. The van der Waals surface area contributed by atoms with Crippen molar-refractivity contribution in [1.29, 1.82) is 0 Å². The van der Waals surface area contributed by atoms with Gasteiger partial charge in [0, 0.05) is 35.5 Å². The van der Waals surface area contributed by atoms with Gasteiger partial charge in [-0.1, -0.05) is 0 Å². The van der Waals surface area contributed by atoms with Crippen molar-refractivity contribution in [3.63, 3.8) is 0 Å². The molecule has 0 N–H and O–H groups in total. The van der Waals surface area contributed by atoms with Crippen LogP contribution < -0.4 is 4.90 Å². The van der Waals surface area contributed by atoms with Crippen LogP contribution in [-0.2, 0) is 0 Å². The number of Topliss-reactive ketones (excluding diaryl/α,β-unsaturated/α-hetero) is 1. The first kappa shape index (κ1) is 15.4. The first-order valence-electron chi connectivity index (χ1n) is 7.17. The molecule has 3 rings (SSSR count). The van der Waals surface area contributed by atoms with E-state index in [1.807, 2.05) is 13.0 Å². The molecule has 1 aliphatic rings. The van der Waals surface area contributed by atoms with Gasteiger partial charge in [-0.05, 0) is 31.5 Å². The van der Waals surface area contributed by atoms with Crippen LogP contribution in [0.1, 0.15) is 38.4 Å². The molecule has 1 amide bonds. The molecule has 7 heteroatoms. The Balaban J connectivity index is 1.96. The van der Waals surface area contributed by atoms with Crippen LogP contribution in [-0.4, -0.2) is 23.2 Å². The number of ketones is 1. The van der Waals surface area contributed by atoms with E-state index in [0.29, 0.717) is 35.5 Å². The number of amides is 1. The molecule has 0 radical (unpaired) electrons. The van der Waals surface area contributed by atoms with Gasteiger partial charge in [-0.25, -0.2) is 0 Å². The lowest BCUT2D eigenvalue weighted by molar-refractivity contribution is -0.384. The summed E-state index contributed by atoms with van der Waals surface area (Å²) in [5.74, 6) is -0.180. The molecule has 0 saturated heterocycles. The molecular formula is C16H14N2O4S. The number of anilines is 1. The number of thiophene rings is 1. The number of rotatable bonds is 2. The van der Waals surface area contributed by atoms with E-state index in [1.165, 1.54) is 35.6 Å². The Kier molecular flexibility index (Phi) is 3.96. The normalized spacial score (nSPS) is 14.3. The fourth-order valence-electron chi connectivity index (χ4n) is 2.61. The van der Waals surface area contributed by atoms with Crippen molar-refractivity contribution in [3.05, 3.63) is 56.5 Å². The summed E-state index contributed by atoms with van der Waals surface area (Å²) >= 11 is 1.42. The van der Waals surface area contributed by atoms with Crippen LogP contribution in [0.15, 0.2) is 30.3 Å². The number of aryl methyl sites for hydroxylation is 1. The monoisotopic (exact) mass is 330 g/mol. The largest absolute Gasteiger partial charge is 0.299 e. The average molecular weight is 330 g/mol. The van der Waals surface area contributed by atoms with Gasteiger partial charge in [0.05, 0.1) is 10.5 Å². The van der Waals surface area contributed by atoms with Crippen molar-refractivity contribution in [3.8, 4) is 0 Å². The fraction of sp³-hybridized carbons (Fsp3) is 0.250. The molecule has 0 bridgehead atoms. The first-order chi connectivity index (χ1) is 11.0. The van der Waals surface area contributed by atoms with Gasteiger partial charge >= 0.3 is 0 Å². The maximum Gasteiger partial charge on any atom is 0.269 e. The molecule has 23 heavy (non-hydrogen) atoms. The second-order valence-corrected chi connectivity index (χ2v) is 6.60. The molecule has 2 aromatic rings. The van der Waals surface area contributed by atoms with Gasteiger partial charge < -0.3 is 0 Å². The van der Waals surface area contributed by atoms with Crippen molar-refractivity contribution in [2.75, 3.05) is 11.4 Å². The number of hydrogen-bond donors (Lipinski definition) is 0. The van der Waals surface area contributed by atoms with Gasteiger partial charge in [-0.2, -0.15) is 0 Å². The lowest BCUT2D eigenvalue weighted by Crippen LogP contribution is -2.31. The Morgan fingerprint density at radius 2 is 2.00 bits per heavy atom. The highest BCUT2D eigenvalue weighted by atomic mass is 32.1. The van der Waals surface area contributed by atoms with Crippen molar-refractivity contribution in [2.45, 2.75) is 19.8 Å². The minimum Gasteiger partial charge on any atom is -0.299 e. The SMILES string of the molecule is Cc1cc2c(s1)N(C(=O)c1ccc([N+](=O)[O-])cc1)CCCC2=O. The van der Waals surface area contributed by atoms with Gasteiger partial charge in [-0.15, -0.1) is 11.3 Å². The number of nitro benzene ring substituents is 1. The first-order valence-corrected chi connectivity index (χ1v) is 7.99. The van der Waals surface area contributed by atoms with E-state index in [1.54, 1.807) is 4.90 Å². The van der Waals surface area contributed by atoms with Gasteiger partial charge in [0.25, 0.3) is 11.6 Å². The predicted molar refractivity (Wildman–Crippen MR) is 87.4 cm³/mol. The topological polar surface area (TPSA) is 80.5 Å². The summed E-state index contributed by atoms with van der Waals surface area (Å²) in [6, 6.07) is 7.36. The predicted octanol–water partition coefficient (Wildman–Crippen LogP) is 3.59. The smallest absolute Gasteiger partial charge is 0.269 e. The number of hydrogen-bond acceptors (Lipinski definition) is 5. The maximum absolute atomic E-state index is 12.8. The van der Waals surface area contributed by atoms with Gasteiger partial charge in [0.2, 0.25) is 0 Å². The third kappa shape index (κ3) is 2.87. The summed E-state index contributed by atoms with van der Waals surface area (Å²) in [7, 11) is 0. The minimum atomic E-state index is -0.500. The fourth-order valence-corrected chi connectivity index (χ4v) is 3.66. The summed E-state index contributed by atoms with van der Waals surface area (Å²) in [5.41, 5.74) is 0.919. The van der Waals surface area contributed by atoms with Gasteiger partial charge in [0.1, 0.15) is 5.00 Å². The standard InChI is InChI=1S/C16H14N2O4S/c1-10-9-13-14(19)3-2-8-17(16(13)23-10)15(20)11-4-6-12(7-5-11)18(21)22/h4-7,9H,2-3,8H2,1H3. The second-order valence-electron chi connectivity index (χ2n) is 5.36. The van der Waals surface area contributed by atoms with E-state index in [9.17, 15) is 19.7 Å². The number of nitrogens with zero attached hydrogens (tertiary/aromatic N) is 2. The lowest BCUT2D eigenvalue weighted by atomic mass is 10.1. The Morgan fingerprint density at radius 1 is 1.30 bits per heavy atom. The maximum atomic E-state index is 12.8. The number of non-ortho nitro benzene ring substituents is 1. The Hall–Kier alpha value is -2.54. The van der Waals surface area contributed by atoms with E-state index in [-0.39, 0.29) is 17.4 Å². The second kappa shape index (κ2) is 5.92. The van der Waals surface area contributed by atoms with E-state index >= 15 is 0 Å². The van der Waals surface area contributed by atoms with Crippen LogP contribution in [0.3, 0.4) is 0 Å². The summed E-state index contributed by atoms with van der Waals surface area (Å²) in [4.78, 5) is 37.7. The van der Waals surface area contributed by atoms with Crippen LogP contribution in [0.2, 0.25) is 0 Å². The quantitative estimate of drug-likeness (QED) is 0.622. The molecule has 0 spiro atoms. The van der Waals surface area contributed by atoms with E-state index in [0.717, 1.165) is 4.88 Å². The zero-order valence-electron chi connectivity index (χ0n) is 12.4. The molecule has 1 aliphatic heterocycles. The highest BCUT2D eigenvalue weighted by Gasteiger charge is 2.28. The Morgan fingerprint density at radius 3 is 2.65 bits per heavy atom. The zero-order chi connectivity index (χ0) is 16.6. The molecule has 0 fully saturated rings. The molecule has 0 unspecified atom stereocenters. The molecule has 0 saturated carbocycles. The van der Waals surface area contributed by atoms with Crippen molar-refractivity contribution in [1.82, 2.24) is 0 Å². The third-order valence-electron chi connectivity index (χ3n) is 3.74. The Bertz CT molecular complexity index is 795. The van der Waals surface area contributed by atoms with Crippen LogP contribution in [0.4, 0.5) is 10.7 Å². The molecule has 2 heterocycles. The van der Waals surface area contributed by atoms with Gasteiger partial charge in [0.15, 0.2) is 5.78 Å². The Labute approximate surface area is 136 Å². The molecule has 0 aliphatic carbocycles. The van der Waals surface area contributed by atoms with E-state index in [4.69, 9.17) is 0 Å². The van der Waals surface area contributed by atoms with Crippen molar-refractivity contribution in [2.24, 2.45) is 0 Å². The number of carbonyl (C=O) groups is 2. The number of benzene rings is 1. The summed E-state index contributed by atoms with van der Waals surface area (Å²) < 4.78 is 0. The molecule has 6 nitrogen and oxygen atoms in total. The molecule has 1 aromatic carbocycles. The average Bonchev–Trinajstić information content (AvgIpc) is 2.85. The number of nitro groups is 1. The summed E-state index contributed by atoms with van der Waals surface area (Å²) in [5, 5.41) is 11.4. The van der Waals surface area contributed by atoms with E-state index < -0.39 is 4.92 Å². The molecule has 0 atom stereocenters. The highest BCUT2D eigenvalue weighted by molar-refractivity contribution is 7.16.